The second-order valence-electron chi connectivity index (χ2n) is 10.6. The van der Waals surface area contributed by atoms with E-state index >= 15 is 0 Å². The first-order chi connectivity index (χ1) is 19.5. The number of esters is 1. The Bertz CT molecular complexity index is 1630. The first-order valence-electron chi connectivity index (χ1n) is 13.4. The summed E-state index contributed by atoms with van der Waals surface area (Å²) in [7, 11) is -2.47. The molecule has 1 saturated heterocycles. The number of ketones is 1. The smallest absolute Gasteiger partial charge is 0.355 e. The van der Waals surface area contributed by atoms with Crippen LogP contribution in [0.25, 0.3) is 10.8 Å². The largest absolute Gasteiger partial charge is 0.457 e. The molecule has 0 bridgehead atoms. The number of anilines is 2. The first-order valence-corrected chi connectivity index (χ1v) is 16.3. The summed E-state index contributed by atoms with van der Waals surface area (Å²) in [4.78, 5) is 40.8. The maximum absolute atomic E-state index is 13.8. The number of carbonyl (C=O) groups is 3. The zero-order chi connectivity index (χ0) is 29.8. The van der Waals surface area contributed by atoms with Crippen LogP contribution >= 0.6 is 22.6 Å². The number of allylic oxidation sites excluding steroid dienone is 1. The van der Waals surface area contributed by atoms with Crippen molar-refractivity contribution in [2.75, 3.05) is 28.8 Å². The zero-order valence-corrected chi connectivity index (χ0v) is 26.1. The lowest BCUT2D eigenvalue weighted by molar-refractivity contribution is -0.162. The number of carbonyl (C=O) groups excluding carboxylic acids is 3. The van der Waals surface area contributed by atoms with Gasteiger partial charge in [0.05, 0.1) is 29.9 Å². The van der Waals surface area contributed by atoms with E-state index in [4.69, 9.17) is 4.74 Å². The number of rotatable bonds is 10. The van der Waals surface area contributed by atoms with E-state index in [2.05, 4.69) is 35.7 Å². The Kier molecular flexibility index (Phi) is 7.79. The third-order valence-electron chi connectivity index (χ3n) is 8.43. The first kappa shape index (κ1) is 29.3. The number of amides is 1. The summed E-state index contributed by atoms with van der Waals surface area (Å²) in [6, 6.07) is 9.20. The summed E-state index contributed by atoms with van der Waals surface area (Å²) in [5, 5.41) is 1.73. The fraction of sp³-hybridized carbons (Fsp3) is 0.367. The molecule has 0 N–H and O–H groups in total. The molecular weight excluding hydrogens is 657 g/mol. The number of benzene rings is 2. The Morgan fingerprint density at radius 2 is 1.88 bits per heavy atom. The van der Waals surface area contributed by atoms with Gasteiger partial charge in [-0.05, 0) is 28.7 Å². The van der Waals surface area contributed by atoms with Crippen LogP contribution in [0.4, 0.5) is 11.4 Å². The van der Waals surface area contributed by atoms with Crippen molar-refractivity contribution < 1.29 is 27.5 Å². The highest BCUT2D eigenvalue weighted by Crippen LogP contribution is 2.51. The van der Waals surface area contributed by atoms with E-state index < -0.39 is 40.0 Å². The van der Waals surface area contributed by atoms with Gasteiger partial charge in [-0.1, -0.05) is 73.4 Å². The number of halogens is 1. The van der Waals surface area contributed by atoms with E-state index in [1.807, 2.05) is 31.2 Å². The van der Waals surface area contributed by atoms with Crippen LogP contribution in [-0.4, -0.2) is 57.2 Å². The lowest BCUT2D eigenvalue weighted by atomic mass is 9.72. The molecule has 3 aliphatic heterocycles. The number of alkyl halides is 1. The summed E-state index contributed by atoms with van der Waals surface area (Å²) >= 11 is 2.27. The van der Waals surface area contributed by atoms with Crippen LogP contribution < -0.4 is 8.61 Å². The normalized spacial score (nSPS) is 23.3. The molecule has 0 saturated carbocycles. The van der Waals surface area contributed by atoms with Crippen molar-refractivity contribution in [3.05, 3.63) is 72.5 Å². The molecule has 2 aromatic carbocycles. The zero-order valence-electron chi connectivity index (χ0n) is 23.2. The average molecular weight is 690 g/mol. The quantitative estimate of drug-likeness (QED) is 0.120. The molecule has 1 fully saturated rings. The number of ether oxygens (including phenoxy) is 1. The van der Waals surface area contributed by atoms with Crippen LogP contribution in [0.2, 0.25) is 0 Å². The standard InChI is InChI=1S/C30H32IN3O6S/c1-6-8-24(35)18(4)25-26-17(3)22(28(34(26)29(25)36)30(37)40-13-7-2)16-33-23-12-11-20-10-9-19(15-31)14-21(20)27(23)32(5)41(33,38)39/h6-7,9-12,14,17-18,25-26H,1-2,8,13,15-16H2,3-5H3/t17?,18-,25?,26?/m0/s1. The highest BCUT2D eigenvalue weighted by Gasteiger charge is 2.61. The Labute approximate surface area is 253 Å². The van der Waals surface area contributed by atoms with Gasteiger partial charge in [-0.25, -0.2) is 9.10 Å². The van der Waals surface area contributed by atoms with Gasteiger partial charge < -0.3 is 9.64 Å². The summed E-state index contributed by atoms with van der Waals surface area (Å²) in [5.74, 6) is -2.76. The van der Waals surface area contributed by atoms with Crippen molar-refractivity contribution in [1.29, 1.82) is 0 Å². The molecule has 3 unspecified atom stereocenters. The summed E-state index contributed by atoms with van der Waals surface area (Å²) in [6.07, 6.45) is 3.08. The lowest BCUT2D eigenvalue weighted by Gasteiger charge is -2.47. The molecule has 2 aromatic rings. The molecule has 216 valence electrons. The van der Waals surface area contributed by atoms with Crippen molar-refractivity contribution >= 4 is 72.6 Å². The number of hydrogen-bond acceptors (Lipinski definition) is 6. The van der Waals surface area contributed by atoms with Gasteiger partial charge in [-0.3, -0.25) is 13.9 Å². The van der Waals surface area contributed by atoms with Gasteiger partial charge in [0.25, 0.3) is 0 Å². The van der Waals surface area contributed by atoms with Gasteiger partial charge in [-0.15, -0.1) is 6.58 Å². The summed E-state index contributed by atoms with van der Waals surface area (Å²) in [5.41, 5.74) is 2.67. The predicted octanol–water partition coefficient (Wildman–Crippen LogP) is 4.52. The molecular formula is C30H32IN3O6S. The molecule has 0 aromatic heterocycles. The molecule has 9 nitrogen and oxygen atoms in total. The highest BCUT2D eigenvalue weighted by molar-refractivity contribution is 14.1. The van der Waals surface area contributed by atoms with Gasteiger partial charge in [-0.2, -0.15) is 8.42 Å². The molecule has 3 aliphatic rings. The fourth-order valence-corrected chi connectivity index (χ4v) is 8.15. The van der Waals surface area contributed by atoms with Crippen LogP contribution in [0.15, 0.2) is 66.9 Å². The number of hydrogen-bond donors (Lipinski definition) is 0. The van der Waals surface area contributed by atoms with Gasteiger partial charge in [0.15, 0.2) is 0 Å². The van der Waals surface area contributed by atoms with Crippen LogP contribution in [0, 0.1) is 17.8 Å². The van der Waals surface area contributed by atoms with Gasteiger partial charge in [0.2, 0.25) is 5.91 Å². The Morgan fingerprint density at radius 1 is 1.17 bits per heavy atom. The molecule has 0 radical (unpaired) electrons. The van der Waals surface area contributed by atoms with Gasteiger partial charge in [0.1, 0.15) is 18.1 Å². The van der Waals surface area contributed by atoms with Crippen molar-refractivity contribution in [1.82, 2.24) is 4.90 Å². The molecule has 11 heteroatoms. The monoisotopic (exact) mass is 689 g/mol. The number of nitrogens with zero attached hydrogens (tertiary/aromatic N) is 3. The summed E-state index contributed by atoms with van der Waals surface area (Å²) in [6.45, 7) is 10.6. The minimum absolute atomic E-state index is 0.0493. The van der Waals surface area contributed by atoms with E-state index in [0.717, 1.165) is 20.8 Å². The van der Waals surface area contributed by atoms with E-state index in [-0.39, 0.29) is 37.0 Å². The van der Waals surface area contributed by atoms with Crippen molar-refractivity contribution in [3.8, 4) is 0 Å². The van der Waals surface area contributed by atoms with Crippen LogP contribution in [0.5, 0.6) is 0 Å². The molecule has 0 aliphatic carbocycles. The minimum atomic E-state index is -4.00. The maximum atomic E-state index is 13.8. The van der Waals surface area contributed by atoms with Gasteiger partial charge >= 0.3 is 16.2 Å². The molecule has 5 rings (SSSR count). The van der Waals surface area contributed by atoms with E-state index in [1.54, 1.807) is 13.0 Å². The predicted molar refractivity (Wildman–Crippen MR) is 167 cm³/mol. The molecule has 0 spiro atoms. The second kappa shape index (κ2) is 10.9. The average Bonchev–Trinajstić information content (AvgIpc) is 3.31. The second-order valence-corrected chi connectivity index (χ2v) is 13.3. The van der Waals surface area contributed by atoms with Crippen molar-refractivity contribution in [3.63, 3.8) is 0 Å². The van der Waals surface area contributed by atoms with Crippen molar-refractivity contribution in [2.24, 2.45) is 17.8 Å². The minimum Gasteiger partial charge on any atom is -0.457 e. The number of Topliss-reactive ketones (excluding diaryl/α,β-unsaturated/α-hetero) is 1. The van der Waals surface area contributed by atoms with Gasteiger partial charge in [0, 0.05) is 35.1 Å². The SMILES string of the molecule is C=CCOC(=O)C1=C(CN2c3ccc4ccc(CI)cc4c3N(C)S2(=O)=O)C(C)C2C([C@@H](C)C(=O)CC=C)C(=O)N12. The van der Waals surface area contributed by atoms with Crippen molar-refractivity contribution in [2.45, 2.75) is 30.7 Å². The maximum Gasteiger partial charge on any atom is 0.355 e. The third kappa shape index (κ3) is 4.48. The van der Waals surface area contributed by atoms with E-state index in [1.165, 1.54) is 32.7 Å². The number of β-lactam (4-membered cyclic amide) rings is 1. The molecule has 4 atom stereocenters. The molecule has 1 amide bonds. The molecule has 3 heterocycles. The fourth-order valence-electron chi connectivity index (χ4n) is 6.26. The Morgan fingerprint density at radius 3 is 2.54 bits per heavy atom. The van der Waals surface area contributed by atoms with E-state index in [0.29, 0.717) is 16.9 Å². The third-order valence-corrected chi connectivity index (χ3v) is 11.1. The lowest BCUT2D eigenvalue weighted by Crippen LogP contribution is -2.63. The Balaban J connectivity index is 1.59. The number of fused-ring (bicyclic) bond motifs is 4. The van der Waals surface area contributed by atoms with Crippen LogP contribution in [0.3, 0.4) is 0 Å². The molecule has 41 heavy (non-hydrogen) atoms. The van der Waals surface area contributed by atoms with Crippen LogP contribution in [-0.2, 0) is 33.8 Å². The van der Waals surface area contributed by atoms with E-state index in [9.17, 15) is 22.8 Å². The topological polar surface area (TPSA) is 104 Å². The van der Waals surface area contributed by atoms with Crippen LogP contribution in [0.1, 0.15) is 25.8 Å². The highest BCUT2D eigenvalue weighted by atomic mass is 127. The Hall–Kier alpha value is -3.19. The summed E-state index contributed by atoms with van der Waals surface area (Å²) < 4.78 is 36.4.